The van der Waals surface area contributed by atoms with Gasteiger partial charge in [-0.25, -0.2) is 13.2 Å². The zero-order chi connectivity index (χ0) is 16.4. The van der Waals surface area contributed by atoms with Crippen LogP contribution < -0.4 is 4.74 Å². The molecule has 0 radical (unpaired) electrons. The highest BCUT2D eigenvalue weighted by Crippen LogP contribution is 2.29. The molecule has 0 unspecified atom stereocenters. The predicted octanol–water partition coefficient (Wildman–Crippen LogP) is 1.58. The third-order valence-corrected chi connectivity index (χ3v) is 4.34. The number of carbonyl (C=O) groups is 1. The molecule has 0 saturated carbocycles. The van der Waals surface area contributed by atoms with Crippen molar-refractivity contribution in [1.29, 1.82) is 0 Å². The van der Waals surface area contributed by atoms with Gasteiger partial charge >= 0.3 is 12.1 Å². The zero-order valence-corrected chi connectivity index (χ0v) is 11.8. The quantitative estimate of drug-likeness (QED) is 0.887. The summed E-state index contributed by atoms with van der Waals surface area (Å²) in [6.07, 6.45) is -4.70. The van der Waals surface area contributed by atoms with Gasteiger partial charge < -0.3 is 9.84 Å². The molecule has 21 heavy (non-hydrogen) atoms. The van der Waals surface area contributed by atoms with Crippen LogP contribution in [0.3, 0.4) is 0 Å². The molecule has 0 atom stereocenters. The molecule has 1 rings (SSSR count). The van der Waals surface area contributed by atoms with Gasteiger partial charge in [0.1, 0.15) is 17.2 Å². The second-order valence-electron chi connectivity index (χ2n) is 4.05. The summed E-state index contributed by atoms with van der Waals surface area (Å²) in [7, 11) is -2.60. The van der Waals surface area contributed by atoms with Crippen LogP contribution in [0.4, 0.5) is 13.2 Å². The summed E-state index contributed by atoms with van der Waals surface area (Å²) < 4.78 is 65.9. The van der Waals surface area contributed by atoms with E-state index >= 15 is 0 Å². The number of aromatic carboxylic acids is 1. The van der Waals surface area contributed by atoms with Crippen LogP contribution in [0.1, 0.15) is 10.4 Å². The highest BCUT2D eigenvalue weighted by atomic mass is 32.2. The molecule has 0 aromatic heterocycles. The lowest BCUT2D eigenvalue weighted by Crippen LogP contribution is -2.36. The Morgan fingerprint density at radius 3 is 2.38 bits per heavy atom. The molecule has 0 spiro atoms. The summed E-state index contributed by atoms with van der Waals surface area (Å²) in [6.45, 7) is -1.67. The molecule has 1 aromatic rings. The van der Waals surface area contributed by atoms with E-state index < -0.39 is 33.6 Å². The van der Waals surface area contributed by atoms with Gasteiger partial charge in [-0.2, -0.15) is 17.5 Å². The molecule has 0 heterocycles. The Kier molecular flexibility index (Phi) is 4.84. The maximum Gasteiger partial charge on any atom is 0.402 e. The lowest BCUT2D eigenvalue weighted by atomic mass is 10.2. The number of carboxylic acid groups (broad SMARTS) is 1. The lowest BCUT2D eigenvalue weighted by Gasteiger charge is -2.20. The normalized spacial score (nSPS) is 12.5. The molecule has 10 heteroatoms. The van der Waals surface area contributed by atoms with Crippen molar-refractivity contribution in [2.75, 3.05) is 20.7 Å². The zero-order valence-electron chi connectivity index (χ0n) is 11.0. The summed E-state index contributed by atoms with van der Waals surface area (Å²) in [5, 5.41) is 8.80. The second-order valence-corrected chi connectivity index (χ2v) is 6.06. The van der Waals surface area contributed by atoms with E-state index in [9.17, 15) is 26.4 Å². The van der Waals surface area contributed by atoms with Crippen LogP contribution in [0.15, 0.2) is 23.1 Å². The second kappa shape index (κ2) is 5.90. The van der Waals surface area contributed by atoms with E-state index in [1.807, 2.05) is 0 Å². The van der Waals surface area contributed by atoms with E-state index in [-0.39, 0.29) is 15.6 Å². The molecular formula is C11H12F3NO5S. The van der Waals surface area contributed by atoms with Crippen molar-refractivity contribution in [2.45, 2.75) is 11.1 Å². The Morgan fingerprint density at radius 1 is 1.38 bits per heavy atom. The average Bonchev–Trinajstić information content (AvgIpc) is 2.35. The average molecular weight is 327 g/mol. The molecule has 0 aliphatic heterocycles. The predicted molar refractivity (Wildman–Crippen MR) is 65.8 cm³/mol. The standard InChI is InChI=1S/C11H12F3NO5S/c1-15(6-11(12,13)14)21(18,19)9-4-3-7(10(16)17)5-8(9)20-2/h3-5H,6H2,1-2H3,(H,16,17). The molecule has 6 nitrogen and oxygen atoms in total. The van der Waals surface area contributed by atoms with Crippen LogP contribution in [0.5, 0.6) is 5.75 Å². The minimum atomic E-state index is -4.70. The number of alkyl halides is 3. The molecular weight excluding hydrogens is 315 g/mol. The molecule has 1 aromatic carbocycles. The van der Waals surface area contributed by atoms with Gasteiger partial charge in [-0.05, 0) is 18.2 Å². The van der Waals surface area contributed by atoms with Crippen molar-refractivity contribution in [3.63, 3.8) is 0 Å². The van der Waals surface area contributed by atoms with Gasteiger partial charge in [0, 0.05) is 7.05 Å². The maximum atomic E-state index is 12.3. The first kappa shape index (κ1) is 17.2. The fourth-order valence-electron chi connectivity index (χ4n) is 1.52. The van der Waals surface area contributed by atoms with Gasteiger partial charge in [-0.15, -0.1) is 0 Å². The summed E-state index contributed by atoms with van der Waals surface area (Å²) in [4.78, 5) is 10.2. The third-order valence-electron chi connectivity index (χ3n) is 2.50. The first-order chi connectivity index (χ1) is 9.49. The Bertz CT molecular complexity index is 642. The van der Waals surface area contributed by atoms with Gasteiger partial charge in [0.2, 0.25) is 10.0 Å². The van der Waals surface area contributed by atoms with Crippen LogP contribution >= 0.6 is 0 Å². The Balaban J connectivity index is 3.28. The number of rotatable bonds is 5. The number of methoxy groups -OCH3 is 1. The monoisotopic (exact) mass is 327 g/mol. The molecule has 118 valence electrons. The van der Waals surface area contributed by atoms with Gasteiger partial charge in [-0.3, -0.25) is 0 Å². The number of sulfonamides is 1. The summed E-state index contributed by atoms with van der Waals surface area (Å²) >= 11 is 0. The van der Waals surface area contributed by atoms with Crippen molar-refractivity contribution in [3.05, 3.63) is 23.8 Å². The van der Waals surface area contributed by atoms with Crippen molar-refractivity contribution in [3.8, 4) is 5.75 Å². The number of benzene rings is 1. The van der Waals surface area contributed by atoms with Crippen LogP contribution in [-0.4, -0.2) is 50.7 Å². The number of hydrogen-bond acceptors (Lipinski definition) is 4. The van der Waals surface area contributed by atoms with Crippen molar-refractivity contribution >= 4 is 16.0 Å². The van der Waals surface area contributed by atoms with Crippen molar-refractivity contribution in [1.82, 2.24) is 4.31 Å². The summed E-state index contributed by atoms with van der Waals surface area (Å²) in [5.74, 6) is -1.66. The first-order valence-electron chi connectivity index (χ1n) is 5.43. The first-order valence-corrected chi connectivity index (χ1v) is 6.87. The van der Waals surface area contributed by atoms with E-state index in [0.717, 1.165) is 32.4 Å². The highest BCUT2D eigenvalue weighted by molar-refractivity contribution is 7.89. The smallest absolute Gasteiger partial charge is 0.402 e. The minimum absolute atomic E-state index is 0.116. The van der Waals surface area contributed by atoms with Gasteiger partial charge in [0.05, 0.1) is 12.7 Å². The maximum absolute atomic E-state index is 12.3. The molecule has 1 N–H and O–H groups in total. The van der Waals surface area contributed by atoms with Gasteiger partial charge in [0.25, 0.3) is 0 Å². The summed E-state index contributed by atoms with van der Waals surface area (Å²) in [6, 6.07) is 2.79. The van der Waals surface area contributed by atoms with Crippen LogP contribution in [0, 0.1) is 0 Å². The fourth-order valence-corrected chi connectivity index (χ4v) is 2.81. The topological polar surface area (TPSA) is 83.9 Å². The molecule has 0 fully saturated rings. The van der Waals surface area contributed by atoms with Crippen molar-refractivity contribution < 1.29 is 36.2 Å². The fraction of sp³-hybridized carbons (Fsp3) is 0.364. The van der Waals surface area contributed by atoms with E-state index in [1.165, 1.54) is 0 Å². The van der Waals surface area contributed by atoms with Crippen molar-refractivity contribution in [2.24, 2.45) is 0 Å². The molecule has 0 saturated heterocycles. The third kappa shape index (κ3) is 4.08. The highest BCUT2D eigenvalue weighted by Gasteiger charge is 2.36. The van der Waals surface area contributed by atoms with Crippen LogP contribution in [0.25, 0.3) is 0 Å². The van der Waals surface area contributed by atoms with E-state index in [4.69, 9.17) is 9.84 Å². The molecule has 0 bridgehead atoms. The molecule has 0 aliphatic carbocycles. The van der Waals surface area contributed by atoms with Gasteiger partial charge in [0.15, 0.2) is 0 Å². The Hall–Kier alpha value is -1.81. The number of nitrogens with zero attached hydrogens (tertiary/aromatic N) is 1. The van der Waals surface area contributed by atoms with Crippen LogP contribution in [-0.2, 0) is 10.0 Å². The number of hydrogen-bond donors (Lipinski definition) is 1. The SMILES string of the molecule is COc1cc(C(=O)O)ccc1S(=O)(=O)N(C)CC(F)(F)F. The number of ether oxygens (including phenoxy) is 1. The van der Waals surface area contributed by atoms with E-state index in [2.05, 4.69) is 0 Å². The molecule has 0 amide bonds. The van der Waals surface area contributed by atoms with E-state index in [0.29, 0.717) is 0 Å². The molecule has 0 aliphatic rings. The number of halogens is 3. The largest absolute Gasteiger partial charge is 0.495 e. The van der Waals surface area contributed by atoms with Crippen LogP contribution in [0.2, 0.25) is 0 Å². The Labute approximate surface area is 118 Å². The lowest BCUT2D eigenvalue weighted by molar-refractivity contribution is -0.134. The number of carboxylic acids is 1. The summed E-state index contributed by atoms with van der Waals surface area (Å²) in [5.41, 5.74) is -0.246. The Morgan fingerprint density at radius 2 is 1.95 bits per heavy atom. The van der Waals surface area contributed by atoms with Gasteiger partial charge in [-0.1, -0.05) is 0 Å². The minimum Gasteiger partial charge on any atom is -0.495 e. The van der Waals surface area contributed by atoms with E-state index in [1.54, 1.807) is 0 Å².